The summed E-state index contributed by atoms with van der Waals surface area (Å²) in [5.41, 5.74) is 5.68. The molecule has 0 aliphatic carbocycles. The van der Waals surface area contributed by atoms with Crippen molar-refractivity contribution < 1.29 is 9.59 Å². The molecule has 6 nitrogen and oxygen atoms in total. The molecule has 2 amide bonds. The van der Waals surface area contributed by atoms with Crippen molar-refractivity contribution >= 4 is 11.8 Å². The first-order chi connectivity index (χ1) is 10.1. The Morgan fingerprint density at radius 3 is 2.00 bits per heavy atom. The van der Waals surface area contributed by atoms with E-state index in [-0.39, 0.29) is 17.9 Å². The van der Waals surface area contributed by atoms with Crippen LogP contribution < -0.4 is 5.73 Å². The second-order valence-corrected chi connectivity index (χ2v) is 6.26. The second-order valence-electron chi connectivity index (χ2n) is 6.26. The summed E-state index contributed by atoms with van der Waals surface area (Å²) >= 11 is 0. The van der Waals surface area contributed by atoms with E-state index < -0.39 is 0 Å². The maximum absolute atomic E-state index is 12.2. The predicted octanol–water partition coefficient (Wildman–Crippen LogP) is -0.120. The minimum atomic E-state index is 0.0669. The van der Waals surface area contributed by atoms with Crippen molar-refractivity contribution in [3.63, 3.8) is 0 Å². The molecule has 2 fully saturated rings. The molecule has 0 aromatic carbocycles. The first-order valence-electron chi connectivity index (χ1n) is 8.10. The lowest BCUT2D eigenvalue weighted by atomic mass is 10.1. The first-order valence-corrected chi connectivity index (χ1v) is 8.10. The Morgan fingerprint density at radius 1 is 0.952 bits per heavy atom. The Hall–Kier alpha value is -1.14. The Bertz CT molecular complexity index is 359. The molecule has 1 atom stereocenters. The molecular weight excluding hydrogens is 268 g/mol. The van der Waals surface area contributed by atoms with Crippen LogP contribution in [0.1, 0.15) is 32.6 Å². The SMILES string of the molecule is CC(N)CCC(=O)N1CCN(C(=O)CN2CCCC2)CC1. The number of likely N-dealkylation sites (tertiary alicyclic amines) is 1. The number of nitrogens with two attached hydrogens (primary N) is 1. The fourth-order valence-electron chi connectivity index (χ4n) is 2.95. The smallest absolute Gasteiger partial charge is 0.236 e. The molecule has 0 aromatic rings. The second kappa shape index (κ2) is 7.75. The predicted molar refractivity (Wildman–Crippen MR) is 81.7 cm³/mol. The molecule has 2 heterocycles. The van der Waals surface area contributed by atoms with Crippen molar-refractivity contribution in [1.29, 1.82) is 0 Å². The molecule has 2 saturated heterocycles. The van der Waals surface area contributed by atoms with Gasteiger partial charge >= 0.3 is 0 Å². The Labute approximate surface area is 127 Å². The van der Waals surface area contributed by atoms with Gasteiger partial charge in [-0.25, -0.2) is 0 Å². The van der Waals surface area contributed by atoms with Gasteiger partial charge in [0.15, 0.2) is 0 Å². The van der Waals surface area contributed by atoms with E-state index in [1.165, 1.54) is 12.8 Å². The summed E-state index contributed by atoms with van der Waals surface area (Å²) in [4.78, 5) is 30.2. The summed E-state index contributed by atoms with van der Waals surface area (Å²) in [6.45, 7) is 7.18. The van der Waals surface area contributed by atoms with Crippen molar-refractivity contribution in [3.8, 4) is 0 Å². The molecule has 120 valence electrons. The molecule has 1 unspecified atom stereocenters. The van der Waals surface area contributed by atoms with Gasteiger partial charge in [-0.05, 0) is 39.3 Å². The number of nitrogens with zero attached hydrogens (tertiary/aromatic N) is 3. The standard InChI is InChI=1S/C15H28N4O2/c1-13(16)4-5-14(20)18-8-10-19(11-9-18)15(21)12-17-6-2-3-7-17/h13H,2-12,16H2,1H3. The highest BCUT2D eigenvalue weighted by atomic mass is 16.2. The normalized spacial score (nSPS) is 21.6. The molecule has 2 N–H and O–H groups in total. The lowest BCUT2D eigenvalue weighted by molar-refractivity contribution is -0.140. The number of carbonyl (C=O) groups is 2. The van der Waals surface area contributed by atoms with Gasteiger partial charge < -0.3 is 15.5 Å². The summed E-state index contributed by atoms with van der Waals surface area (Å²) in [5.74, 6) is 0.374. The number of carbonyl (C=O) groups excluding carboxylic acids is 2. The zero-order valence-corrected chi connectivity index (χ0v) is 13.1. The van der Waals surface area contributed by atoms with Gasteiger partial charge in [0.1, 0.15) is 0 Å². The topological polar surface area (TPSA) is 69.9 Å². The van der Waals surface area contributed by atoms with Crippen molar-refractivity contribution in [3.05, 3.63) is 0 Å². The Morgan fingerprint density at radius 2 is 1.48 bits per heavy atom. The van der Waals surface area contributed by atoms with Gasteiger partial charge in [-0.1, -0.05) is 0 Å². The molecule has 0 saturated carbocycles. The third-order valence-corrected chi connectivity index (χ3v) is 4.36. The average Bonchev–Trinajstić information content (AvgIpc) is 2.97. The fraction of sp³-hybridized carbons (Fsp3) is 0.867. The lowest BCUT2D eigenvalue weighted by Crippen LogP contribution is -2.52. The monoisotopic (exact) mass is 296 g/mol. The number of rotatable bonds is 5. The number of piperazine rings is 1. The van der Waals surface area contributed by atoms with E-state index in [0.29, 0.717) is 39.1 Å². The molecule has 0 spiro atoms. The van der Waals surface area contributed by atoms with Gasteiger partial charge in [0.25, 0.3) is 0 Å². The zero-order valence-electron chi connectivity index (χ0n) is 13.1. The molecule has 0 radical (unpaired) electrons. The van der Waals surface area contributed by atoms with Crippen LogP contribution in [-0.4, -0.2) is 78.4 Å². The molecular formula is C15H28N4O2. The minimum Gasteiger partial charge on any atom is -0.339 e. The summed E-state index contributed by atoms with van der Waals surface area (Å²) in [6.07, 6.45) is 3.65. The van der Waals surface area contributed by atoms with Crippen molar-refractivity contribution in [1.82, 2.24) is 14.7 Å². The lowest BCUT2D eigenvalue weighted by Gasteiger charge is -2.35. The van der Waals surface area contributed by atoms with E-state index in [2.05, 4.69) is 4.90 Å². The van der Waals surface area contributed by atoms with Gasteiger partial charge in [0, 0.05) is 38.6 Å². The van der Waals surface area contributed by atoms with Crippen LogP contribution in [0, 0.1) is 0 Å². The summed E-state index contributed by atoms with van der Waals surface area (Å²) in [5, 5.41) is 0. The van der Waals surface area contributed by atoms with Crippen molar-refractivity contribution in [2.45, 2.75) is 38.6 Å². The van der Waals surface area contributed by atoms with E-state index in [1.807, 2.05) is 16.7 Å². The Balaban J connectivity index is 1.69. The van der Waals surface area contributed by atoms with Crippen molar-refractivity contribution in [2.75, 3.05) is 45.8 Å². The van der Waals surface area contributed by atoms with Crippen LogP contribution in [0.5, 0.6) is 0 Å². The van der Waals surface area contributed by atoms with Gasteiger partial charge in [0.05, 0.1) is 6.54 Å². The highest BCUT2D eigenvalue weighted by Gasteiger charge is 2.25. The molecule has 6 heteroatoms. The Kier molecular flexibility index (Phi) is 5.99. The largest absolute Gasteiger partial charge is 0.339 e. The van der Waals surface area contributed by atoms with Crippen LogP contribution in [0.15, 0.2) is 0 Å². The number of hydrogen-bond donors (Lipinski definition) is 1. The van der Waals surface area contributed by atoms with Crippen LogP contribution in [-0.2, 0) is 9.59 Å². The van der Waals surface area contributed by atoms with E-state index in [1.54, 1.807) is 0 Å². The molecule has 2 aliphatic rings. The molecule has 21 heavy (non-hydrogen) atoms. The zero-order chi connectivity index (χ0) is 15.2. The summed E-state index contributed by atoms with van der Waals surface area (Å²) in [6, 6.07) is 0.0669. The van der Waals surface area contributed by atoms with Crippen LogP contribution >= 0.6 is 0 Å². The fourth-order valence-corrected chi connectivity index (χ4v) is 2.95. The van der Waals surface area contributed by atoms with Crippen molar-refractivity contribution in [2.24, 2.45) is 5.73 Å². The maximum Gasteiger partial charge on any atom is 0.236 e. The summed E-state index contributed by atoms with van der Waals surface area (Å²) in [7, 11) is 0. The van der Waals surface area contributed by atoms with Crippen LogP contribution in [0.2, 0.25) is 0 Å². The maximum atomic E-state index is 12.2. The van der Waals surface area contributed by atoms with Gasteiger partial charge in [-0.3, -0.25) is 14.5 Å². The first kappa shape index (κ1) is 16.2. The quantitative estimate of drug-likeness (QED) is 0.768. The molecule has 2 rings (SSSR count). The van der Waals surface area contributed by atoms with Crippen LogP contribution in [0.3, 0.4) is 0 Å². The van der Waals surface area contributed by atoms with E-state index in [0.717, 1.165) is 19.5 Å². The highest BCUT2D eigenvalue weighted by molar-refractivity contribution is 5.79. The molecule has 0 bridgehead atoms. The highest BCUT2D eigenvalue weighted by Crippen LogP contribution is 2.10. The molecule has 0 aromatic heterocycles. The van der Waals surface area contributed by atoms with Crippen LogP contribution in [0.25, 0.3) is 0 Å². The van der Waals surface area contributed by atoms with E-state index >= 15 is 0 Å². The third kappa shape index (κ3) is 4.97. The third-order valence-electron chi connectivity index (χ3n) is 4.36. The van der Waals surface area contributed by atoms with Gasteiger partial charge in [-0.2, -0.15) is 0 Å². The van der Waals surface area contributed by atoms with E-state index in [4.69, 9.17) is 5.73 Å². The van der Waals surface area contributed by atoms with Gasteiger partial charge in [-0.15, -0.1) is 0 Å². The number of hydrogen-bond acceptors (Lipinski definition) is 4. The van der Waals surface area contributed by atoms with Gasteiger partial charge in [0.2, 0.25) is 11.8 Å². The average molecular weight is 296 g/mol. The number of amides is 2. The van der Waals surface area contributed by atoms with Crippen LogP contribution in [0.4, 0.5) is 0 Å². The van der Waals surface area contributed by atoms with E-state index in [9.17, 15) is 9.59 Å². The summed E-state index contributed by atoms with van der Waals surface area (Å²) < 4.78 is 0. The minimum absolute atomic E-state index is 0.0669. The molecule has 2 aliphatic heterocycles.